The Balaban J connectivity index is 1.30. The van der Waals surface area contributed by atoms with Crippen molar-refractivity contribution in [2.75, 3.05) is 31.6 Å². The number of hydrogen-bond donors (Lipinski definition) is 2. The van der Waals surface area contributed by atoms with Gasteiger partial charge >= 0.3 is 6.03 Å². The summed E-state index contributed by atoms with van der Waals surface area (Å²) in [5.41, 5.74) is 3.08. The molecule has 2 N–H and O–H groups in total. The van der Waals surface area contributed by atoms with Crippen molar-refractivity contribution in [2.24, 2.45) is 5.92 Å². The predicted molar refractivity (Wildman–Crippen MR) is 146 cm³/mol. The van der Waals surface area contributed by atoms with Crippen LogP contribution in [-0.2, 0) is 16.0 Å². The zero-order chi connectivity index (χ0) is 26.5. The number of aryl methyl sites for hydroxylation is 1. The van der Waals surface area contributed by atoms with Gasteiger partial charge in [0.2, 0.25) is 11.8 Å². The molecule has 2 unspecified atom stereocenters. The number of rotatable bonds is 6. The van der Waals surface area contributed by atoms with E-state index in [9.17, 15) is 14.4 Å². The van der Waals surface area contributed by atoms with Crippen molar-refractivity contribution in [1.29, 1.82) is 0 Å². The van der Waals surface area contributed by atoms with Crippen molar-refractivity contribution in [1.82, 2.24) is 15.1 Å². The highest BCUT2D eigenvalue weighted by atomic mass is 16.5. The quantitative estimate of drug-likeness (QED) is 0.589. The SMILES string of the molecule is CCOc1ccc(NC(=O)N2CCN(C(=O)C3CCCC3)C(C(=O)NC3CCCc4ccccc43)C2)cc1. The third kappa shape index (κ3) is 5.79. The maximum atomic E-state index is 13.8. The van der Waals surface area contributed by atoms with Crippen LogP contribution in [0.1, 0.15) is 62.6 Å². The minimum atomic E-state index is -0.711. The Morgan fingerprint density at radius 1 is 0.947 bits per heavy atom. The van der Waals surface area contributed by atoms with E-state index < -0.39 is 6.04 Å². The molecule has 0 spiro atoms. The molecule has 8 nitrogen and oxygen atoms in total. The highest BCUT2D eigenvalue weighted by Crippen LogP contribution is 2.31. The lowest BCUT2D eigenvalue weighted by molar-refractivity contribution is -0.146. The molecule has 0 aromatic heterocycles. The number of carbonyl (C=O) groups is 3. The van der Waals surface area contributed by atoms with Gasteiger partial charge in [0.1, 0.15) is 11.8 Å². The van der Waals surface area contributed by atoms with Gasteiger partial charge in [-0.05, 0) is 74.4 Å². The van der Waals surface area contributed by atoms with Crippen LogP contribution in [0, 0.1) is 5.92 Å². The molecule has 38 heavy (non-hydrogen) atoms. The van der Waals surface area contributed by atoms with Crippen LogP contribution in [0.5, 0.6) is 5.75 Å². The average molecular weight is 519 g/mol. The van der Waals surface area contributed by atoms with E-state index in [0.717, 1.165) is 56.3 Å². The average Bonchev–Trinajstić information content (AvgIpc) is 3.49. The van der Waals surface area contributed by atoms with Gasteiger partial charge in [0.05, 0.1) is 19.2 Å². The van der Waals surface area contributed by atoms with Gasteiger partial charge in [0.15, 0.2) is 0 Å². The van der Waals surface area contributed by atoms with E-state index in [1.54, 1.807) is 21.9 Å². The molecule has 2 fully saturated rings. The number of fused-ring (bicyclic) bond motifs is 1. The molecule has 5 rings (SSSR count). The third-order valence-electron chi connectivity index (χ3n) is 8.06. The lowest BCUT2D eigenvalue weighted by Gasteiger charge is -2.42. The van der Waals surface area contributed by atoms with Crippen LogP contribution in [0.3, 0.4) is 0 Å². The Kier molecular flexibility index (Phi) is 8.15. The first-order valence-corrected chi connectivity index (χ1v) is 14.0. The summed E-state index contributed by atoms with van der Waals surface area (Å²) >= 11 is 0. The van der Waals surface area contributed by atoms with Crippen molar-refractivity contribution in [3.63, 3.8) is 0 Å². The molecular formula is C30H38N4O4. The van der Waals surface area contributed by atoms with Gasteiger partial charge in [-0.1, -0.05) is 37.1 Å². The number of urea groups is 1. The van der Waals surface area contributed by atoms with Gasteiger partial charge in [-0.3, -0.25) is 9.59 Å². The summed E-state index contributed by atoms with van der Waals surface area (Å²) in [6.45, 7) is 3.40. The van der Waals surface area contributed by atoms with E-state index >= 15 is 0 Å². The van der Waals surface area contributed by atoms with Crippen molar-refractivity contribution in [3.05, 3.63) is 59.7 Å². The van der Waals surface area contributed by atoms with E-state index in [2.05, 4.69) is 22.8 Å². The molecule has 2 aliphatic carbocycles. The van der Waals surface area contributed by atoms with Crippen molar-refractivity contribution >= 4 is 23.5 Å². The summed E-state index contributed by atoms with van der Waals surface area (Å²) in [7, 11) is 0. The second-order valence-electron chi connectivity index (χ2n) is 10.5. The normalized spacial score (nSPS) is 21.5. The van der Waals surface area contributed by atoms with E-state index in [0.29, 0.717) is 25.4 Å². The van der Waals surface area contributed by atoms with E-state index in [4.69, 9.17) is 4.74 Å². The molecule has 1 aliphatic heterocycles. The summed E-state index contributed by atoms with van der Waals surface area (Å²) in [6, 6.07) is 14.4. The van der Waals surface area contributed by atoms with Gasteiger partial charge in [-0.15, -0.1) is 0 Å². The van der Waals surface area contributed by atoms with Gasteiger partial charge in [0, 0.05) is 24.7 Å². The number of nitrogens with zero attached hydrogens (tertiary/aromatic N) is 2. The summed E-state index contributed by atoms with van der Waals surface area (Å²) < 4.78 is 5.48. The second-order valence-corrected chi connectivity index (χ2v) is 10.5. The fourth-order valence-corrected chi connectivity index (χ4v) is 6.04. The number of ether oxygens (including phenoxy) is 1. The first-order valence-electron chi connectivity index (χ1n) is 14.0. The van der Waals surface area contributed by atoms with Crippen LogP contribution in [0.4, 0.5) is 10.5 Å². The number of anilines is 1. The van der Waals surface area contributed by atoms with E-state index in [-0.39, 0.29) is 36.3 Å². The summed E-state index contributed by atoms with van der Waals surface area (Å²) in [6.07, 6.45) is 6.75. The minimum absolute atomic E-state index is 0.0232. The Morgan fingerprint density at radius 3 is 2.47 bits per heavy atom. The maximum absolute atomic E-state index is 13.8. The Morgan fingerprint density at radius 2 is 1.71 bits per heavy atom. The smallest absolute Gasteiger partial charge is 0.321 e. The zero-order valence-corrected chi connectivity index (χ0v) is 22.2. The first kappa shape index (κ1) is 26.1. The largest absolute Gasteiger partial charge is 0.494 e. The molecule has 4 amide bonds. The second kappa shape index (κ2) is 11.9. The number of benzene rings is 2. The number of hydrogen-bond acceptors (Lipinski definition) is 4. The number of carbonyl (C=O) groups excluding carboxylic acids is 3. The van der Waals surface area contributed by atoms with Crippen molar-refractivity contribution < 1.29 is 19.1 Å². The number of amides is 4. The molecule has 1 saturated heterocycles. The Labute approximate surface area is 224 Å². The molecule has 1 saturated carbocycles. The van der Waals surface area contributed by atoms with Gasteiger partial charge < -0.3 is 25.2 Å². The molecule has 3 aliphatic rings. The molecule has 202 valence electrons. The first-order chi connectivity index (χ1) is 18.5. The molecular weight excluding hydrogens is 480 g/mol. The van der Waals surface area contributed by atoms with Crippen LogP contribution < -0.4 is 15.4 Å². The van der Waals surface area contributed by atoms with Crippen LogP contribution in [0.15, 0.2) is 48.5 Å². The van der Waals surface area contributed by atoms with Crippen LogP contribution in [0.25, 0.3) is 0 Å². The lowest BCUT2D eigenvalue weighted by Crippen LogP contribution is -2.63. The fourth-order valence-electron chi connectivity index (χ4n) is 6.04. The van der Waals surface area contributed by atoms with Gasteiger partial charge in [-0.25, -0.2) is 4.79 Å². The van der Waals surface area contributed by atoms with Gasteiger partial charge in [-0.2, -0.15) is 0 Å². The third-order valence-corrected chi connectivity index (χ3v) is 8.06. The predicted octanol–water partition coefficient (Wildman–Crippen LogP) is 4.51. The summed E-state index contributed by atoms with van der Waals surface area (Å²) in [5, 5.41) is 6.17. The zero-order valence-electron chi connectivity index (χ0n) is 22.2. The number of nitrogens with one attached hydrogen (secondary N) is 2. The lowest BCUT2D eigenvalue weighted by atomic mass is 9.87. The molecule has 0 radical (unpaired) electrons. The van der Waals surface area contributed by atoms with Gasteiger partial charge in [0.25, 0.3) is 0 Å². The molecule has 2 atom stereocenters. The Bertz CT molecular complexity index is 1150. The van der Waals surface area contributed by atoms with Crippen LogP contribution >= 0.6 is 0 Å². The molecule has 8 heteroatoms. The van der Waals surface area contributed by atoms with Crippen molar-refractivity contribution in [3.8, 4) is 5.75 Å². The van der Waals surface area contributed by atoms with Crippen molar-refractivity contribution in [2.45, 2.75) is 64.0 Å². The van der Waals surface area contributed by atoms with E-state index in [1.165, 1.54) is 5.56 Å². The monoisotopic (exact) mass is 518 g/mol. The van der Waals surface area contributed by atoms with Crippen LogP contribution in [0.2, 0.25) is 0 Å². The fraction of sp³-hybridized carbons (Fsp3) is 0.500. The standard InChI is InChI=1S/C30H38N4O4/c1-2-38-24-16-14-23(15-17-24)31-30(37)33-18-19-34(29(36)22-9-3-4-10-22)27(20-33)28(35)32-26-13-7-11-21-8-5-6-12-25(21)26/h5-6,8,12,14-17,22,26-27H,2-4,7,9-11,13,18-20H2,1H3,(H,31,37)(H,32,35). The molecule has 2 aromatic carbocycles. The number of piperazine rings is 1. The highest BCUT2D eigenvalue weighted by Gasteiger charge is 2.40. The highest BCUT2D eigenvalue weighted by molar-refractivity contribution is 5.93. The van der Waals surface area contributed by atoms with E-state index in [1.807, 2.05) is 31.2 Å². The maximum Gasteiger partial charge on any atom is 0.321 e. The molecule has 0 bridgehead atoms. The molecule has 2 aromatic rings. The molecule has 1 heterocycles. The summed E-state index contributed by atoms with van der Waals surface area (Å²) in [5.74, 6) is 0.588. The topological polar surface area (TPSA) is 91.0 Å². The Hall–Kier alpha value is -3.55. The van der Waals surface area contributed by atoms with Crippen LogP contribution in [-0.4, -0.2) is 59.9 Å². The minimum Gasteiger partial charge on any atom is -0.494 e. The summed E-state index contributed by atoms with van der Waals surface area (Å²) in [4.78, 5) is 43.8.